The van der Waals surface area contributed by atoms with Gasteiger partial charge in [0, 0.05) is 18.8 Å². The highest BCUT2D eigenvalue weighted by Crippen LogP contribution is 2.23. The lowest BCUT2D eigenvalue weighted by Crippen LogP contribution is -2.23. The monoisotopic (exact) mass is 376 g/mol. The van der Waals surface area contributed by atoms with Gasteiger partial charge in [-0.1, -0.05) is 24.3 Å². The number of thiophene rings is 1. The van der Waals surface area contributed by atoms with Crippen molar-refractivity contribution in [2.75, 3.05) is 0 Å². The van der Waals surface area contributed by atoms with Gasteiger partial charge in [-0.15, -0.1) is 11.3 Å². The molecule has 0 unspecified atom stereocenters. The molecular weight excluding hydrogens is 360 g/mol. The molecule has 1 aromatic carbocycles. The van der Waals surface area contributed by atoms with Gasteiger partial charge in [0.1, 0.15) is 5.75 Å². The van der Waals surface area contributed by atoms with Crippen LogP contribution >= 0.6 is 11.3 Å². The molecule has 0 aliphatic rings. The van der Waals surface area contributed by atoms with E-state index in [1.165, 1.54) is 0 Å². The van der Waals surface area contributed by atoms with Crippen molar-refractivity contribution in [1.82, 2.24) is 20.5 Å². The van der Waals surface area contributed by atoms with Crippen molar-refractivity contribution in [2.45, 2.75) is 6.54 Å². The zero-order valence-corrected chi connectivity index (χ0v) is 15.1. The fourth-order valence-electron chi connectivity index (χ4n) is 2.52. The summed E-state index contributed by atoms with van der Waals surface area (Å²) in [7, 11) is 0. The maximum Gasteiger partial charge on any atom is 0.272 e. The number of aromatic amines is 1. The molecule has 0 radical (unpaired) electrons. The van der Waals surface area contributed by atoms with E-state index in [2.05, 4.69) is 20.5 Å². The van der Waals surface area contributed by atoms with Crippen LogP contribution in [0.15, 0.2) is 72.2 Å². The highest BCUT2D eigenvalue weighted by molar-refractivity contribution is 7.13. The van der Waals surface area contributed by atoms with Gasteiger partial charge in [-0.2, -0.15) is 5.10 Å². The summed E-state index contributed by atoms with van der Waals surface area (Å²) in [5.41, 5.74) is 2.12. The third-order valence-corrected chi connectivity index (χ3v) is 4.71. The highest BCUT2D eigenvalue weighted by atomic mass is 32.1. The number of pyridine rings is 1. The molecule has 0 atom stereocenters. The van der Waals surface area contributed by atoms with Crippen LogP contribution in [0, 0.1) is 0 Å². The average molecular weight is 376 g/mol. The van der Waals surface area contributed by atoms with E-state index in [1.807, 2.05) is 53.9 Å². The van der Waals surface area contributed by atoms with E-state index in [0.29, 0.717) is 23.9 Å². The molecule has 0 saturated heterocycles. The summed E-state index contributed by atoms with van der Waals surface area (Å²) in [6, 6.07) is 18.7. The maximum absolute atomic E-state index is 12.3. The number of carbonyl (C=O) groups is 1. The van der Waals surface area contributed by atoms with Crippen molar-refractivity contribution in [3.8, 4) is 22.2 Å². The normalized spacial score (nSPS) is 10.5. The molecule has 4 aromatic rings. The smallest absolute Gasteiger partial charge is 0.272 e. The van der Waals surface area contributed by atoms with Crippen LogP contribution in [-0.2, 0) is 6.54 Å². The number of hydrogen-bond donors (Lipinski definition) is 2. The molecule has 27 heavy (non-hydrogen) atoms. The zero-order chi connectivity index (χ0) is 18.5. The Labute approximate surface area is 159 Å². The van der Waals surface area contributed by atoms with Gasteiger partial charge in [-0.05, 0) is 41.3 Å². The first-order valence-electron chi connectivity index (χ1n) is 8.33. The van der Waals surface area contributed by atoms with Gasteiger partial charge in [0.2, 0.25) is 5.88 Å². The molecule has 134 valence electrons. The molecule has 0 saturated carbocycles. The quantitative estimate of drug-likeness (QED) is 0.527. The van der Waals surface area contributed by atoms with Crippen molar-refractivity contribution in [2.24, 2.45) is 0 Å². The first-order chi connectivity index (χ1) is 13.3. The number of amides is 1. The van der Waals surface area contributed by atoms with Crippen LogP contribution in [0.25, 0.3) is 10.6 Å². The fraction of sp³-hybridized carbons (Fsp3) is 0.0500. The third kappa shape index (κ3) is 4.21. The minimum absolute atomic E-state index is 0.231. The first-order valence-corrected chi connectivity index (χ1v) is 9.21. The van der Waals surface area contributed by atoms with Gasteiger partial charge in [-0.3, -0.25) is 9.89 Å². The molecular formula is C20H16N4O2S. The summed E-state index contributed by atoms with van der Waals surface area (Å²) in [4.78, 5) is 17.5. The predicted octanol–water partition coefficient (Wildman–Crippen LogP) is 4.26. The van der Waals surface area contributed by atoms with E-state index >= 15 is 0 Å². The summed E-state index contributed by atoms with van der Waals surface area (Å²) in [5.74, 6) is 0.960. The number of nitrogens with one attached hydrogen (secondary N) is 2. The summed E-state index contributed by atoms with van der Waals surface area (Å²) in [5, 5.41) is 11.8. The van der Waals surface area contributed by atoms with Gasteiger partial charge < -0.3 is 10.1 Å². The molecule has 6 nitrogen and oxygen atoms in total. The Morgan fingerprint density at radius 1 is 1.11 bits per heavy atom. The second kappa shape index (κ2) is 7.84. The zero-order valence-electron chi connectivity index (χ0n) is 14.3. The number of hydrogen-bond acceptors (Lipinski definition) is 5. The van der Waals surface area contributed by atoms with Crippen LogP contribution in [-0.4, -0.2) is 21.1 Å². The molecule has 1 amide bonds. The third-order valence-electron chi connectivity index (χ3n) is 3.81. The van der Waals surface area contributed by atoms with Crippen LogP contribution in [0.2, 0.25) is 0 Å². The van der Waals surface area contributed by atoms with E-state index in [9.17, 15) is 4.79 Å². The molecule has 0 bridgehead atoms. The lowest BCUT2D eigenvalue weighted by molar-refractivity contribution is 0.0946. The van der Waals surface area contributed by atoms with E-state index < -0.39 is 0 Å². The summed E-state index contributed by atoms with van der Waals surface area (Å²) >= 11 is 1.59. The van der Waals surface area contributed by atoms with Crippen molar-refractivity contribution in [1.29, 1.82) is 0 Å². The topological polar surface area (TPSA) is 79.9 Å². The highest BCUT2D eigenvalue weighted by Gasteiger charge is 2.12. The second-order valence-corrected chi connectivity index (χ2v) is 6.69. The van der Waals surface area contributed by atoms with Crippen molar-refractivity contribution in [3.05, 3.63) is 83.5 Å². The largest absolute Gasteiger partial charge is 0.439 e. The number of aromatic nitrogens is 3. The van der Waals surface area contributed by atoms with E-state index in [0.717, 1.165) is 16.1 Å². The minimum Gasteiger partial charge on any atom is -0.439 e. The number of carbonyl (C=O) groups excluding carboxylic acids is 1. The van der Waals surface area contributed by atoms with Crippen molar-refractivity contribution < 1.29 is 9.53 Å². The van der Waals surface area contributed by atoms with Crippen LogP contribution in [0.4, 0.5) is 0 Å². The molecule has 0 aliphatic heterocycles. The van der Waals surface area contributed by atoms with Gasteiger partial charge in [-0.25, -0.2) is 4.98 Å². The number of rotatable bonds is 6. The van der Waals surface area contributed by atoms with E-state index in [-0.39, 0.29) is 5.91 Å². The van der Waals surface area contributed by atoms with Crippen LogP contribution in [0.3, 0.4) is 0 Å². The Hall–Kier alpha value is -3.45. The molecule has 4 rings (SSSR count). The summed E-state index contributed by atoms with van der Waals surface area (Å²) in [6.45, 7) is 0.374. The molecule has 0 aliphatic carbocycles. The second-order valence-electron chi connectivity index (χ2n) is 5.74. The Balaban J connectivity index is 1.38. The van der Waals surface area contributed by atoms with Gasteiger partial charge in [0.15, 0.2) is 5.69 Å². The number of H-pyrrole nitrogens is 1. The van der Waals surface area contributed by atoms with Gasteiger partial charge >= 0.3 is 0 Å². The molecule has 0 fully saturated rings. The van der Waals surface area contributed by atoms with Crippen molar-refractivity contribution in [3.63, 3.8) is 0 Å². The standard InChI is InChI=1S/C20H16N4O2S/c25-20(17-12-16(23-24-17)18-7-4-10-27-18)22-13-14-5-3-6-15(11-14)26-19-8-1-2-9-21-19/h1-12H,13H2,(H,22,25)(H,23,24). The molecule has 3 aromatic heterocycles. The molecule has 0 spiro atoms. The Morgan fingerprint density at radius 2 is 2.07 bits per heavy atom. The average Bonchev–Trinajstić information content (AvgIpc) is 3.39. The van der Waals surface area contributed by atoms with Crippen LogP contribution in [0.5, 0.6) is 11.6 Å². The Kier molecular flexibility index (Phi) is 4.93. The lowest BCUT2D eigenvalue weighted by Gasteiger charge is -2.07. The lowest BCUT2D eigenvalue weighted by atomic mass is 10.2. The van der Waals surface area contributed by atoms with Gasteiger partial charge in [0.05, 0.1) is 10.6 Å². The Bertz CT molecular complexity index is 1030. The molecule has 2 N–H and O–H groups in total. The van der Waals surface area contributed by atoms with Gasteiger partial charge in [0.25, 0.3) is 5.91 Å². The van der Waals surface area contributed by atoms with E-state index in [1.54, 1.807) is 29.7 Å². The van der Waals surface area contributed by atoms with Crippen LogP contribution < -0.4 is 10.1 Å². The van der Waals surface area contributed by atoms with Crippen molar-refractivity contribution >= 4 is 17.2 Å². The van der Waals surface area contributed by atoms with E-state index in [4.69, 9.17) is 4.74 Å². The maximum atomic E-state index is 12.3. The number of benzene rings is 1. The minimum atomic E-state index is -0.231. The summed E-state index contributed by atoms with van der Waals surface area (Å²) < 4.78 is 5.72. The SMILES string of the molecule is O=C(NCc1cccc(Oc2ccccn2)c1)c1cc(-c2cccs2)[nH]n1. The predicted molar refractivity (Wildman–Crippen MR) is 104 cm³/mol. The summed E-state index contributed by atoms with van der Waals surface area (Å²) in [6.07, 6.45) is 1.67. The number of ether oxygens (including phenoxy) is 1. The first kappa shape index (κ1) is 17.0. The Morgan fingerprint density at radius 3 is 2.89 bits per heavy atom. The fourth-order valence-corrected chi connectivity index (χ4v) is 3.21. The van der Waals surface area contributed by atoms with Crippen LogP contribution in [0.1, 0.15) is 16.1 Å². The molecule has 7 heteroatoms. The molecule has 3 heterocycles. The number of nitrogens with zero attached hydrogens (tertiary/aromatic N) is 2.